The lowest BCUT2D eigenvalue weighted by atomic mass is 10.1. The van der Waals surface area contributed by atoms with E-state index in [0.29, 0.717) is 0 Å². The Morgan fingerprint density at radius 3 is 2.11 bits per heavy atom. The molecule has 0 radical (unpaired) electrons. The fourth-order valence-electron chi connectivity index (χ4n) is 1.05. The van der Waals surface area contributed by atoms with Gasteiger partial charge in [-0.15, -0.1) is 5.73 Å². The van der Waals surface area contributed by atoms with Crippen molar-refractivity contribution in [3.63, 3.8) is 0 Å². The van der Waals surface area contributed by atoms with Crippen LogP contribution in [0.2, 0.25) is 0 Å². The van der Waals surface area contributed by atoms with Crippen molar-refractivity contribution in [2.75, 3.05) is 0 Å². The third kappa shape index (κ3) is 5.49. The molecule has 0 fully saturated rings. The molecule has 0 saturated heterocycles. The van der Waals surface area contributed by atoms with Crippen LogP contribution in [0, 0.1) is 0 Å². The maximum absolute atomic E-state index is 10.9. The molecule has 0 unspecified atom stereocenters. The van der Waals surface area contributed by atoms with E-state index in [1.807, 2.05) is 0 Å². The van der Waals surface area contributed by atoms with Crippen LogP contribution in [-0.4, -0.2) is 22.2 Å². The van der Waals surface area contributed by atoms with E-state index in [9.17, 15) is 9.59 Å². The number of carbonyl (C=O) groups is 2. The molecule has 4 nitrogen and oxygen atoms in total. The maximum Gasteiger partial charge on any atom is 0.336 e. The van der Waals surface area contributed by atoms with E-state index in [4.69, 9.17) is 10.2 Å². The number of hydrogen-bond acceptors (Lipinski definition) is 2. The second-order valence-electron chi connectivity index (χ2n) is 3.01. The zero-order valence-corrected chi connectivity index (χ0v) is 9.96. The van der Waals surface area contributed by atoms with Crippen molar-refractivity contribution >= 4 is 11.9 Å². The highest BCUT2D eigenvalue weighted by Crippen LogP contribution is 2.10. The molecule has 4 heteroatoms. The molecule has 94 valence electrons. The first-order chi connectivity index (χ1) is 8.54. The molecule has 0 aliphatic heterocycles. The third-order valence-corrected chi connectivity index (χ3v) is 1.83. The Hall–Kier alpha value is -2.58. The summed E-state index contributed by atoms with van der Waals surface area (Å²) in [6, 6.07) is 0. The van der Waals surface area contributed by atoms with Gasteiger partial charge in [0.25, 0.3) is 0 Å². The van der Waals surface area contributed by atoms with Crippen molar-refractivity contribution in [3.8, 4) is 0 Å². The first kappa shape index (κ1) is 15.4. The van der Waals surface area contributed by atoms with Crippen LogP contribution in [0.3, 0.4) is 0 Å². The molecule has 0 amide bonds. The Morgan fingerprint density at radius 2 is 1.67 bits per heavy atom. The monoisotopic (exact) mass is 246 g/mol. The van der Waals surface area contributed by atoms with Crippen molar-refractivity contribution in [1.29, 1.82) is 0 Å². The second kappa shape index (κ2) is 8.56. The number of carboxylic acid groups (broad SMARTS) is 2. The number of carboxylic acids is 2. The highest BCUT2D eigenvalue weighted by atomic mass is 16.4. The van der Waals surface area contributed by atoms with Crippen LogP contribution in [0.5, 0.6) is 0 Å². The van der Waals surface area contributed by atoms with Gasteiger partial charge in [0, 0.05) is 0 Å². The summed E-state index contributed by atoms with van der Waals surface area (Å²) in [6.07, 6.45) is 10.2. The summed E-state index contributed by atoms with van der Waals surface area (Å²) < 4.78 is 0. The number of rotatable bonds is 6. The predicted molar refractivity (Wildman–Crippen MR) is 69.1 cm³/mol. The van der Waals surface area contributed by atoms with E-state index in [1.54, 1.807) is 24.3 Å². The summed E-state index contributed by atoms with van der Waals surface area (Å²) in [5.74, 6) is -2.58. The molecular formula is C14H14O4. The van der Waals surface area contributed by atoms with Crippen LogP contribution in [0.1, 0.15) is 6.92 Å². The first-order valence-electron chi connectivity index (χ1n) is 5.08. The third-order valence-electron chi connectivity index (χ3n) is 1.83. The van der Waals surface area contributed by atoms with Crippen LogP contribution < -0.4 is 0 Å². The molecule has 0 aliphatic carbocycles. The van der Waals surface area contributed by atoms with Crippen LogP contribution in [-0.2, 0) is 9.59 Å². The quantitative estimate of drug-likeness (QED) is 0.429. The minimum atomic E-state index is -1.30. The Morgan fingerprint density at radius 1 is 1.06 bits per heavy atom. The van der Waals surface area contributed by atoms with E-state index >= 15 is 0 Å². The van der Waals surface area contributed by atoms with Gasteiger partial charge in [0.15, 0.2) is 0 Å². The molecule has 0 atom stereocenters. The number of aliphatic carboxylic acids is 2. The minimum absolute atomic E-state index is 0.262. The van der Waals surface area contributed by atoms with Crippen molar-refractivity contribution < 1.29 is 19.8 Å². The van der Waals surface area contributed by atoms with Gasteiger partial charge < -0.3 is 10.2 Å². The lowest BCUT2D eigenvalue weighted by Crippen LogP contribution is -2.10. The van der Waals surface area contributed by atoms with Gasteiger partial charge in [-0.25, -0.2) is 9.59 Å². The zero-order valence-electron chi connectivity index (χ0n) is 9.96. The Labute approximate surface area is 105 Å². The highest BCUT2D eigenvalue weighted by molar-refractivity contribution is 6.05. The number of allylic oxidation sites excluding steroid dienone is 6. The first-order valence-corrected chi connectivity index (χ1v) is 5.08. The SMILES string of the molecule is C=CC=CC=C=CC=C(C(=O)O)C(=CC)C(=O)O. The van der Waals surface area contributed by atoms with Crippen LogP contribution >= 0.6 is 0 Å². The molecule has 0 bridgehead atoms. The molecule has 0 aliphatic rings. The van der Waals surface area contributed by atoms with Crippen LogP contribution in [0.4, 0.5) is 0 Å². The van der Waals surface area contributed by atoms with Gasteiger partial charge in [0.05, 0.1) is 11.1 Å². The zero-order chi connectivity index (χ0) is 14.0. The second-order valence-corrected chi connectivity index (χ2v) is 3.01. The van der Waals surface area contributed by atoms with Crippen LogP contribution in [0.15, 0.2) is 66.0 Å². The molecule has 0 aromatic rings. The Balaban J connectivity index is 5.21. The average Bonchev–Trinajstić information content (AvgIpc) is 2.31. The van der Waals surface area contributed by atoms with E-state index in [2.05, 4.69) is 12.3 Å². The van der Waals surface area contributed by atoms with Gasteiger partial charge in [-0.2, -0.15) is 0 Å². The smallest absolute Gasteiger partial charge is 0.336 e. The van der Waals surface area contributed by atoms with Gasteiger partial charge in [-0.05, 0) is 25.2 Å². The van der Waals surface area contributed by atoms with Gasteiger partial charge in [0.1, 0.15) is 0 Å². The minimum Gasteiger partial charge on any atom is -0.478 e. The van der Waals surface area contributed by atoms with Crippen molar-refractivity contribution in [2.45, 2.75) is 6.92 Å². The summed E-state index contributed by atoms with van der Waals surface area (Å²) >= 11 is 0. The predicted octanol–water partition coefficient (Wildman–Crippen LogP) is 2.48. The van der Waals surface area contributed by atoms with E-state index in [0.717, 1.165) is 0 Å². The van der Waals surface area contributed by atoms with Crippen molar-refractivity contribution in [3.05, 3.63) is 66.0 Å². The van der Waals surface area contributed by atoms with Crippen molar-refractivity contribution in [1.82, 2.24) is 0 Å². The van der Waals surface area contributed by atoms with Gasteiger partial charge >= 0.3 is 11.9 Å². The molecule has 18 heavy (non-hydrogen) atoms. The molecular weight excluding hydrogens is 232 g/mol. The van der Waals surface area contributed by atoms with Gasteiger partial charge in [-0.3, -0.25) is 0 Å². The van der Waals surface area contributed by atoms with Gasteiger partial charge in [0.2, 0.25) is 0 Å². The highest BCUT2D eigenvalue weighted by Gasteiger charge is 2.17. The fourth-order valence-corrected chi connectivity index (χ4v) is 1.05. The molecule has 0 saturated carbocycles. The van der Waals surface area contributed by atoms with Gasteiger partial charge in [-0.1, -0.05) is 30.9 Å². The normalized spacial score (nSPS) is 11.8. The average molecular weight is 246 g/mol. The summed E-state index contributed by atoms with van der Waals surface area (Å²) in [7, 11) is 0. The molecule has 2 N–H and O–H groups in total. The van der Waals surface area contributed by atoms with E-state index in [-0.39, 0.29) is 11.1 Å². The summed E-state index contributed by atoms with van der Waals surface area (Å²) in [4.78, 5) is 21.7. The Bertz CT molecular complexity index is 484. The van der Waals surface area contributed by atoms with Crippen LogP contribution in [0.25, 0.3) is 0 Å². The van der Waals surface area contributed by atoms with Crippen molar-refractivity contribution in [2.24, 2.45) is 0 Å². The lowest BCUT2D eigenvalue weighted by Gasteiger charge is -2.00. The summed E-state index contributed by atoms with van der Waals surface area (Å²) in [5, 5.41) is 17.7. The molecule has 0 aromatic carbocycles. The van der Waals surface area contributed by atoms with E-state index in [1.165, 1.54) is 25.2 Å². The fraction of sp³-hybridized carbons (Fsp3) is 0.0714. The summed E-state index contributed by atoms with van der Waals surface area (Å²) in [5.41, 5.74) is 2.12. The summed E-state index contributed by atoms with van der Waals surface area (Å²) in [6.45, 7) is 4.94. The lowest BCUT2D eigenvalue weighted by molar-refractivity contribution is -0.136. The molecule has 0 heterocycles. The largest absolute Gasteiger partial charge is 0.478 e. The topological polar surface area (TPSA) is 74.6 Å². The molecule has 0 aromatic heterocycles. The maximum atomic E-state index is 10.9. The standard InChI is InChI=1S/C14H14O4/c1-3-5-6-7-8-9-10-12(14(17)18)11(4-2)13(15)16/h3-7,9-10H,1H2,2H3,(H,15,16)(H,17,18). The number of hydrogen-bond donors (Lipinski definition) is 2. The van der Waals surface area contributed by atoms with E-state index < -0.39 is 11.9 Å². The molecule has 0 rings (SSSR count). The Kier molecular flexibility index (Phi) is 7.33. The molecule has 0 spiro atoms.